The summed E-state index contributed by atoms with van der Waals surface area (Å²) >= 11 is 0. The Balaban J connectivity index is 2.44. The van der Waals surface area contributed by atoms with Crippen molar-refractivity contribution in [2.45, 2.75) is 46.5 Å². The molecule has 0 atom stereocenters. The fourth-order valence-corrected chi connectivity index (χ4v) is 1.93. The molecule has 0 bridgehead atoms. The van der Waals surface area contributed by atoms with Gasteiger partial charge in [-0.25, -0.2) is 4.79 Å². The number of unbranched alkanes of at least 4 members (excludes halogenated alkanes) is 3. The first-order valence-corrected chi connectivity index (χ1v) is 7.45. The Hall–Kier alpha value is -1.71. The number of nitrogens with one attached hydrogen (secondary N) is 2. The molecule has 0 aromatic heterocycles. The van der Waals surface area contributed by atoms with Crippen LogP contribution in [0.3, 0.4) is 0 Å². The minimum Gasteiger partial charge on any atom is -0.492 e. The molecule has 0 heterocycles. The van der Waals surface area contributed by atoms with Crippen molar-refractivity contribution in [2.75, 3.05) is 18.5 Å². The maximum absolute atomic E-state index is 11.8. The van der Waals surface area contributed by atoms with Crippen molar-refractivity contribution in [3.8, 4) is 5.75 Å². The molecule has 1 rings (SSSR count). The molecular weight excluding hydrogens is 252 g/mol. The number of carbonyl (C=O) groups is 1. The number of ether oxygens (including phenoxy) is 1. The smallest absolute Gasteiger partial charge is 0.319 e. The van der Waals surface area contributed by atoms with Crippen LogP contribution < -0.4 is 15.4 Å². The van der Waals surface area contributed by atoms with Gasteiger partial charge in [0.15, 0.2) is 0 Å². The fourth-order valence-electron chi connectivity index (χ4n) is 1.93. The van der Waals surface area contributed by atoms with Gasteiger partial charge in [-0.1, -0.05) is 32.3 Å². The highest BCUT2D eigenvalue weighted by atomic mass is 16.5. The summed E-state index contributed by atoms with van der Waals surface area (Å²) in [5.74, 6) is 0.716. The lowest BCUT2D eigenvalue weighted by atomic mass is 10.2. The average molecular weight is 278 g/mol. The van der Waals surface area contributed by atoms with Crippen molar-refractivity contribution >= 4 is 11.7 Å². The van der Waals surface area contributed by atoms with Gasteiger partial charge in [0.1, 0.15) is 5.75 Å². The van der Waals surface area contributed by atoms with Gasteiger partial charge < -0.3 is 15.4 Å². The van der Waals surface area contributed by atoms with E-state index in [-0.39, 0.29) is 6.03 Å². The minimum atomic E-state index is -0.175. The lowest BCUT2D eigenvalue weighted by molar-refractivity contribution is 0.251. The molecule has 1 aromatic carbocycles. The number of carbonyl (C=O) groups excluding carboxylic acids is 1. The first-order chi connectivity index (χ1) is 9.67. The Morgan fingerprint density at radius 3 is 2.70 bits per heavy atom. The molecule has 0 saturated carbocycles. The van der Waals surface area contributed by atoms with Crippen LogP contribution in [-0.4, -0.2) is 19.2 Å². The third-order valence-electron chi connectivity index (χ3n) is 3.00. The predicted molar refractivity (Wildman–Crippen MR) is 83.5 cm³/mol. The first-order valence-electron chi connectivity index (χ1n) is 7.45. The van der Waals surface area contributed by atoms with E-state index in [1.54, 1.807) is 0 Å². The van der Waals surface area contributed by atoms with Crippen LogP contribution >= 0.6 is 0 Å². The SMILES string of the molecule is CCCCCCNC(=O)Nc1ccc(C)cc1OCC. The molecule has 2 N–H and O–H groups in total. The number of hydrogen-bond acceptors (Lipinski definition) is 2. The number of urea groups is 1. The van der Waals surface area contributed by atoms with Crippen molar-refractivity contribution in [1.82, 2.24) is 5.32 Å². The molecular formula is C16H26N2O2. The maximum Gasteiger partial charge on any atom is 0.319 e. The topological polar surface area (TPSA) is 50.4 Å². The van der Waals surface area contributed by atoms with Crippen LogP contribution in [0.4, 0.5) is 10.5 Å². The summed E-state index contributed by atoms with van der Waals surface area (Å²) in [5, 5.41) is 5.71. The number of aryl methyl sites for hydroxylation is 1. The second-order valence-corrected chi connectivity index (χ2v) is 4.87. The van der Waals surface area contributed by atoms with Crippen LogP contribution in [0, 0.1) is 6.92 Å². The zero-order valence-electron chi connectivity index (χ0n) is 12.8. The van der Waals surface area contributed by atoms with Gasteiger partial charge in [-0.05, 0) is 38.0 Å². The average Bonchev–Trinajstić information content (AvgIpc) is 2.42. The summed E-state index contributed by atoms with van der Waals surface area (Å²) in [6, 6.07) is 5.59. The Morgan fingerprint density at radius 1 is 1.20 bits per heavy atom. The number of benzene rings is 1. The lowest BCUT2D eigenvalue weighted by Gasteiger charge is -2.13. The Labute approximate surface area is 121 Å². The number of anilines is 1. The standard InChI is InChI=1S/C16H26N2O2/c1-4-6-7-8-11-17-16(19)18-14-10-9-13(3)12-15(14)20-5-2/h9-10,12H,4-8,11H2,1-3H3,(H2,17,18,19). The number of rotatable bonds is 8. The van der Waals surface area contributed by atoms with Crippen LogP contribution in [0.15, 0.2) is 18.2 Å². The lowest BCUT2D eigenvalue weighted by Crippen LogP contribution is -2.29. The van der Waals surface area contributed by atoms with E-state index < -0.39 is 0 Å². The minimum absolute atomic E-state index is 0.175. The van der Waals surface area contributed by atoms with Crippen LogP contribution in [-0.2, 0) is 0 Å². The normalized spacial score (nSPS) is 10.2. The highest BCUT2D eigenvalue weighted by Gasteiger charge is 2.07. The van der Waals surface area contributed by atoms with E-state index >= 15 is 0 Å². The number of hydrogen-bond donors (Lipinski definition) is 2. The summed E-state index contributed by atoms with van der Waals surface area (Å²) in [4.78, 5) is 11.8. The van der Waals surface area contributed by atoms with Crippen LogP contribution in [0.5, 0.6) is 5.75 Å². The van der Waals surface area contributed by atoms with Crippen molar-refractivity contribution in [1.29, 1.82) is 0 Å². The molecule has 0 spiro atoms. The molecule has 0 radical (unpaired) electrons. The second-order valence-electron chi connectivity index (χ2n) is 4.87. The molecule has 0 aliphatic rings. The van der Waals surface area contributed by atoms with Gasteiger partial charge in [0.05, 0.1) is 12.3 Å². The monoisotopic (exact) mass is 278 g/mol. The van der Waals surface area contributed by atoms with Crippen molar-refractivity contribution in [3.05, 3.63) is 23.8 Å². The van der Waals surface area contributed by atoms with Gasteiger partial charge in [0.2, 0.25) is 0 Å². The quantitative estimate of drug-likeness (QED) is 0.703. The summed E-state index contributed by atoms with van der Waals surface area (Å²) < 4.78 is 5.53. The van der Waals surface area contributed by atoms with Crippen LogP contribution in [0.1, 0.15) is 45.1 Å². The molecule has 0 saturated heterocycles. The van der Waals surface area contributed by atoms with Crippen molar-refractivity contribution in [3.63, 3.8) is 0 Å². The zero-order chi connectivity index (χ0) is 14.8. The van der Waals surface area contributed by atoms with Gasteiger partial charge in [0.25, 0.3) is 0 Å². The molecule has 0 unspecified atom stereocenters. The van der Waals surface area contributed by atoms with Crippen LogP contribution in [0.25, 0.3) is 0 Å². The first kappa shape index (κ1) is 16.3. The van der Waals surface area contributed by atoms with E-state index in [9.17, 15) is 4.79 Å². The van der Waals surface area contributed by atoms with E-state index in [0.29, 0.717) is 24.6 Å². The highest BCUT2D eigenvalue weighted by molar-refractivity contribution is 5.90. The van der Waals surface area contributed by atoms with E-state index in [1.165, 1.54) is 12.8 Å². The second kappa shape index (κ2) is 9.23. The molecule has 0 aliphatic carbocycles. The van der Waals surface area contributed by atoms with Crippen molar-refractivity contribution < 1.29 is 9.53 Å². The summed E-state index contributed by atoms with van der Waals surface area (Å²) in [5.41, 5.74) is 1.82. The summed E-state index contributed by atoms with van der Waals surface area (Å²) in [6.07, 6.45) is 4.60. The van der Waals surface area contributed by atoms with Gasteiger partial charge in [0, 0.05) is 6.54 Å². The van der Waals surface area contributed by atoms with Crippen molar-refractivity contribution in [2.24, 2.45) is 0 Å². The Bertz CT molecular complexity index is 419. The third-order valence-corrected chi connectivity index (χ3v) is 3.00. The van der Waals surface area contributed by atoms with E-state index in [2.05, 4.69) is 17.6 Å². The molecule has 4 heteroatoms. The number of amides is 2. The Morgan fingerprint density at radius 2 is 2.00 bits per heavy atom. The largest absolute Gasteiger partial charge is 0.492 e. The van der Waals surface area contributed by atoms with Gasteiger partial charge in [-0.3, -0.25) is 0 Å². The van der Waals surface area contributed by atoms with Gasteiger partial charge >= 0.3 is 6.03 Å². The molecule has 0 fully saturated rings. The van der Waals surface area contributed by atoms with Gasteiger partial charge in [-0.15, -0.1) is 0 Å². The Kier molecular flexibility index (Phi) is 7.55. The van der Waals surface area contributed by atoms with E-state index in [1.807, 2.05) is 32.0 Å². The molecule has 1 aromatic rings. The summed E-state index contributed by atoms with van der Waals surface area (Å²) in [6.45, 7) is 7.39. The third kappa shape index (κ3) is 5.95. The molecule has 20 heavy (non-hydrogen) atoms. The van der Waals surface area contributed by atoms with Gasteiger partial charge in [-0.2, -0.15) is 0 Å². The highest BCUT2D eigenvalue weighted by Crippen LogP contribution is 2.25. The predicted octanol–water partition coefficient (Wildman–Crippen LogP) is 4.10. The summed E-state index contributed by atoms with van der Waals surface area (Å²) in [7, 11) is 0. The fraction of sp³-hybridized carbons (Fsp3) is 0.562. The molecule has 2 amide bonds. The molecule has 0 aliphatic heterocycles. The van der Waals surface area contributed by atoms with Crippen LogP contribution in [0.2, 0.25) is 0 Å². The van der Waals surface area contributed by atoms with E-state index in [0.717, 1.165) is 18.4 Å². The maximum atomic E-state index is 11.8. The zero-order valence-corrected chi connectivity index (χ0v) is 12.8. The van der Waals surface area contributed by atoms with E-state index in [4.69, 9.17) is 4.74 Å². The molecule has 4 nitrogen and oxygen atoms in total. The molecule has 112 valence electrons.